The second kappa shape index (κ2) is 9.85. The number of amides is 1. The summed E-state index contributed by atoms with van der Waals surface area (Å²) in [7, 11) is 4.71. The smallest absolute Gasteiger partial charge is 0.345 e. The van der Waals surface area contributed by atoms with Crippen LogP contribution in [0.3, 0.4) is 0 Å². The molecule has 0 fully saturated rings. The summed E-state index contributed by atoms with van der Waals surface area (Å²) in [5, 5.41) is 14.2. The second-order valence-electron chi connectivity index (χ2n) is 7.34. The van der Waals surface area contributed by atoms with Crippen molar-refractivity contribution >= 4 is 43.9 Å². The predicted octanol–water partition coefficient (Wildman–Crippen LogP) is 5.53. The van der Waals surface area contributed by atoms with E-state index in [1.165, 1.54) is 13.2 Å². The van der Waals surface area contributed by atoms with Crippen LogP contribution in [0.4, 0.5) is 10.1 Å². The van der Waals surface area contributed by atoms with Crippen LogP contribution in [0.5, 0.6) is 17.2 Å². The molecule has 2 aromatic carbocycles. The number of nitrogens with one attached hydrogen (secondary N) is 1. The molecule has 0 atom stereocenters. The second-order valence-corrected chi connectivity index (χ2v) is 8.35. The molecule has 0 spiro atoms. The van der Waals surface area contributed by atoms with Gasteiger partial charge in [-0.3, -0.25) is 20.2 Å². The van der Waals surface area contributed by atoms with Crippen molar-refractivity contribution in [3.05, 3.63) is 64.5 Å². The van der Waals surface area contributed by atoms with Crippen LogP contribution < -0.4 is 19.5 Å². The Bertz CT molecular complexity index is 1450. The zero-order chi connectivity index (χ0) is 25.1. The fourth-order valence-corrected chi connectivity index (χ4v) is 4.22. The fourth-order valence-electron chi connectivity index (χ4n) is 3.59. The summed E-state index contributed by atoms with van der Waals surface area (Å²) >= 11 is 0.778. The number of ether oxygens (including phenoxy) is 3. The average Bonchev–Trinajstić information content (AvgIpc) is 3.49. The van der Waals surface area contributed by atoms with Gasteiger partial charge in [-0.25, -0.2) is 4.98 Å². The molecule has 0 radical (unpaired) electrons. The van der Waals surface area contributed by atoms with E-state index in [4.69, 9.17) is 18.6 Å². The van der Waals surface area contributed by atoms with Crippen LogP contribution in [0.1, 0.15) is 12.5 Å². The first kappa shape index (κ1) is 23.8. The Morgan fingerprint density at radius 3 is 2.54 bits per heavy atom. The number of carbonyl (C=O) groups is 1. The third-order valence-corrected chi connectivity index (χ3v) is 6.13. The molecule has 4 rings (SSSR count). The topological polar surface area (TPSA) is 126 Å². The number of furan rings is 1. The number of carbonyl (C=O) groups excluding carboxylic acids is 1. The van der Waals surface area contributed by atoms with Crippen molar-refractivity contribution in [2.24, 2.45) is 0 Å². The highest BCUT2D eigenvalue weighted by atomic mass is 32.1. The maximum Gasteiger partial charge on any atom is 0.345 e. The Labute approximate surface area is 203 Å². The summed E-state index contributed by atoms with van der Waals surface area (Å²) in [6.07, 6.45) is 4.11. The molecule has 0 bridgehead atoms. The molecule has 180 valence electrons. The molecule has 35 heavy (non-hydrogen) atoms. The minimum atomic E-state index is -0.561. The number of nitrogens with zero attached hydrogens (tertiary/aromatic N) is 2. The lowest BCUT2D eigenvalue weighted by atomic mass is 9.98. The average molecular weight is 496 g/mol. The van der Waals surface area contributed by atoms with E-state index >= 15 is 0 Å². The van der Waals surface area contributed by atoms with Crippen LogP contribution in [0.15, 0.2) is 53.3 Å². The zero-order valence-corrected chi connectivity index (χ0v) is 20.1. The predicted molar refractivity (Wildman–Crippen MR) is 132 cm³/mol. The Kier molecular flexibility index (Phi) is 6.69. The Morgan fingerprint density at radius 1 is 1.11 bits per heavy atom. The number of anilines is 1. The molecule has 10 nitrogen and oxygen atoms in total. The van der Waals surface area contributed by atoms with Crippen LogP contribution in [0, 0.1) is 10.1 Å². The van der Waals surface area contributed by atoms with Crippen molar-refractivity contribution < 1.29 is 28.3 Å². The fraction of sp³-hybridized carbons (Fsp3) is 0.167. The minimum Gasteiger partial charge on any atom is -0.497 e. The number of allylic oxidation sites excluding steroid dienone is 1. The third kappa shape index (κ3) is 4.80. The van der Waals surface area contributed by atoms with Crippen LogP contribution >= 0.6 is 11.3 Å². The van der Waals surface area contributed by atoms with E-state index in [1.807, 2.05) is 24.3 Å². The van der Waals surface area contributed by atoms with E-state index in [-0.39, 0.29) is 10.1 Å². The highest BCUT2D eigenvalue weighted by Crippen LogP contribution is 2.41. The normalized spacial score (nSPS) is 11.4. The van der Waals surface area contributed by atoms with Crippen molar-refractivity contribution in [1.82, 2.24) is 4.98 Å². The SMILES string of the molecule is COc1ccc(OC)c(-c2coc3cc(OC)c(/C(C)=C/C(=O)Nc4ncc([N+](=O)[O-])s4)cc23)c1. The maximum absolute atomic E-state index is 12.6. The molecule has 0 aliphatic heterocycles. The third-order valence-electron chi connectivity index (χ3n) is 5.27. The van der Waals surface area contributed by atoms with Gasteiger partial charge < -0.3 is 18.6 Å². The highest BCUT2D eigenvalue weighted by Gasteiger charge is 2.18. The van der Waals surface area contributed by atoms with E-state index < -0.39 is 10.8 Å². The van der Waals surface area contributed by atoms with Gasteiger partial charge in [0, 0.05) is 34.2 Å². The van der Waals surface area contributed by atoms with Gasteiger partial charge in [-0.2, -0.15) is 0 Å². The van der Waals surface area contributed by atoms with E-state index in [2.05, 4.69) is 10.3 Å². The Balaban J connectivity index is 1.73. The summed E-state index contributed by atoms with van der Waals surface area (Å²) in [5.74, 6) is 1.35. The number of hydrogen-bond donors (Lipinski definition) is 1. The lowest BCUT2D eigenvalue weighted by Crippen LogP contribution is -2.08. The number of thiazole rings is 1. The van der Waals surface area contributed by atoms with Crippen molar-refractivity contribution in [1.29, 1.82) is 0 Å². The van der Waals surface area contributed by atoms with Crippen molar-refractivity contribution in [2.45, 2.75) is 6.92 Å². The monoisotopic (exact) mass is 495 g/mol. The van der Waals surface area contributed by atoms with Gasteiger partial charge in [-0.1, -0.05) is 0 Å². The van der Waals surface area contributed by atoms with Gasteiger partial charge in [-0.05, 0) is 48.1 Å². The summed E-state index contributed by atoms with van der Waals surface area (Å²) < 4.78 is 22.2. The first-order valence-electron chi connectivity index (χ1n) is 10.3. The van der Waals surface area contributed by atoms with Gasteiger partial charge in [-0.15, -0.1) is 0 Å². The molecule has 0 unspecified atom stereocenters. The van der Waals surface area contributed by atoms with Crippen molar-refractivity contribution in [3.8, 4) is 28.4 Å². The van der Waals surface area contributed by atoms with Crippen LogP contribution in [0.2, 0.25) is 0 Å². The van der Waals surface area contributed by atoms with Crippen LogP contribution in [-0.2, 0) is 4.79 Å². The molecular weight excluding hydrogens is 474 g/mol. The molecule has 1 N–H and O–H groups in total. The summed E-state index contributed by atoms with van der Waals surface area (Å²) in [6.45, 7) is 1.76. The van der Waals surface area contributed by atoms with Gasteiger partial charge in [0.2, 0.25) is 5.91 Å². The molecule has 0 aliphatic rings. The molecule has 0 saturated carbocycles. The molecule has 0 saturated heterocycles. The van der Waals surface area contributed by atoms with E-state index in [9.17, 15) is 14.9 Å². The van der Waals surface area contributed by atoms with Gasteiger partial charge in [0.1, 0.15) is 29.0 Å². The lowest BCUT2D eigenvalue weighted by molar-refractivity contribution is -0.380. The number of hydrogen-bond acceptors (Lipinski definition) is 9. The summed E-state index contributed by atoms with van der Waals surface area (Å²) in [4.78, 5) is 26.7. The van der Waals surface area contributed by atoms with Gasteiger partial charge in [0.05, 0.1) is 32.5 Å². The number of rotatable bonds is 8. The molecular formula is C24H21N3O7S. The highest BCUT2D eigenvalue weighted by molar-refractivity contribution is 7.18. The minimum absolute atomic E-state index is 0.135. The van der Waals surface area contributed by atoms with Crippen molar-refractivity contribution in [3.63, 3.8) is 0 Å². The number of nitro groups is 1. The lowest BCUT2D eigenvalue weighted by Gasteiger charge is -2.12. The largest absolute Gasteiger partial charge is 0.497 e. The number of aromatic nitrogens is 1. The number of methoxy groups -OCH3 is 3. The quantitative estimate of drug-likeness (QED) is 0.192. The van der Waals surface area contributed by atoms with E-state index in [0.717, 1.165) is 34.0 Å². The molecule has 11 heteroatoms. The van der Waals surface area contributed by atoms with E-state index in [1.54, 1.807) is 33.5 Å². The molecule has 0 aliphatic carbocycles. The first-order valence-corrected chi connectivity index (χ1v) is 11.1. The molecule has 2 aromatic heterocycles. The van der Waals surface area contributed by atoms with Crippen molar-refractivity contribution in [2.75, 3.05) is 26.6 Å². The molecule has 4 aromatic rings. The van der Waals surface area contributed by atoms with Crippen LogP contribution in [0.25, 0.3) is 27.7 Å². The first-order chi connectivity index (χ1) is 16.8. The van der Waals surface area contributed by atoms with Crippen LogP contribution in [-0.4, -0.2) is 37.1 Å². The molecule has 2 heterocycles. The summed E-state index contributed by atoms with van der Waals surface area (Å²) in [6, 6.07) is 9.10. The number of fused-ring (bicyclic) bond motifs is 1. The van der Waals surface area contributed by atoms with Gasteiger partial charge >= 0.3 is 5.00 Å². The summed E-state index contributed by atoms with van der Waals surface area (Å²) in [5.41, 5.74) is 3.44. The van der Waals surface area contributed by atoms with Gasteiger partial charge in [0.25, 0.3) is 0 Å². The maximum atomic E-state index is 12.6. The molecule has 1 amide bonds. The Morgan fingerprint density at radius 2 is 1.89 bits per heavy atom. The zero-order valence-electron chi connectivity index (χ0n) is 19.3. The standard InChI is InChI=1S/C24H21N3O7S/c1-13(7-22(28)26-24-25-11-23(35-24)27(29)30)15-9-17-18(12-34-21(17)10-20(15)33-4)16-8-14(31-2)5-6-19(16)32-3/h5-12H,1-4H3,(H,25,26,28)/b13-7+. The van der Waals surface area contributed by atoms with E-state index in [0.29, 0.717) is 34.0 Å². The van der Waals surface area contributed by atoms with Gasteiger partial charge in [0.15, 0.2) is 5.13 Å². The number of benzene rings is 2. The Hall–Kier alpha value is -4.38.